The summed E-state index contributed by atoms with van der Waals surface area (Å²) in [6, 6.07) is 10.4. The summed E-state index contributed by atoms with van der Waals surface area (Å²) in [7, 11) is 1.98. The first-order chi connectivity index (χ1) is 9.13. The molecule has 1 aromatic carbocycles. The van der Waals surface area contributed by atoms with Gasteiger partial charge in [0.25, 0.3) is 0 Å². The molecule has 0 aliphatic heterocycles. The molecule has 19 heavy (non-hydrogen) atoms. The van der Waals surface area contributed by atoms with Gasteiger partial charge in [-0.25, -0.2) is 0 Å². The highest BCUT2D eigenvalue weighted by Crippen LogP contribution is 2.21. The van der Waals surface area contributed by atoms with Gasteiger partial charge in [0.2, 0.25) is 0 Å². The predicted octanol–water partition coefficient (Wildman–Crippen LogP) is 3.37. The van der Waals surface area contributed by atoms with Gasteiger partial charge < -0.3 is 5.32 Å². The Kier molecular flexibility index (Phi) is 4.61. The number of hydrogen-bond acceptors (Lipinski definition) is 2. The highest BCUT2D eigenvalue weighted by molar-refractivity contribution is 6.30. The highest BCUT2D eigenvalue weighted by atomic mass is 35.5. The van der Waals surface area contributed by atoms with Crippen LogP contribution in [0.1, 0.15) is 29.9 Å². The van der Waals surface area contributed by atoms with Gasteiger partial charge in [-0.1, -0.05) is 23.7 Å². The lowest BCUT2D eigenvalue weighted by atomic mass is 10.0. The van der Waals surface area contributed by atoms with E-state index >= 15 is 0 Å². The van der Waals surface area contributed by atoms with E-state index in [0.29, 0.717) is 0 Å². The van der Waals surface area contributed by atoms with Crippen molar-refractivity contribution in [2.75, 3.05) is 7.05 Å². The number of likely N-dealkylation sites (N-methyl/N-ethyl adjacent to an activating group) is 1. The van der Waals surface area contributed by atoms with Crippen molar-refractivity contribution in [2.24, 2.45) is 0 Å². The number of benzene rings is 1. The Morgan fingerprint density at radius 3 is 2.79 bits per heavy atom. The van der Waals surface area contributed by atoms with Crippen LogP contribution in [0.3, 0.4) is 0 Å². The van der Waals surface area contributed by atoms with Crippen LogP contribution in [0.2, 0.25) is 5.02 Å². The number of aromatic nitrogens is 2. The van der Waals surface area contributed by atoms with E-state index in [0.717, 1.165) is 23.7 Å². The van der Waals surface area contributed by atoms with Crippen LogP contribution in [-0.4, -0.2) is 16.8 Å². The fraction of sp³-hybridized carbons (Fsp3) is 0.400. The normalized spacial score (nSPS) is 12.6. The Morgan fingerprint density at radius 1 is 1.37 bits per heavy atom. The lowest BCUT2D eigenvalue weighted by Gasteiger charge is -2.17. The monoisotopic (exact) mass is 277 g/mol. The minimum absolute atomic E-state index is 0.250. The third kappa shape index (κ3) is 3.37. The molecule has 3 nitrogen and oxygen atoms in total. The lowest BCUT2D eigenvalue weighted by molar-refractivity contribution is 0.541. The van der Waals surface area contributed by atoms with E-state index in [-0.39, 0.29) is 6.04 Å². The first-order valence-corrected chi connectivity index (χ1v) is 6.98. The van der Waals surface area contributed by atoms with Gasteiger partial charge >= 0.3 is 0 Å². The predicted molar refractivity (Wildman–Crippen MR) is 79.6 cm³/mol. The summed E-state index contributed by atoms with van der Waals surface area (Å²) in [5.41, 5.74) is 3.52. The summed E-state index contributed by atoms with van der Waals surface area (Å²) >= 11 is 6.07. The van der Waals surface area contributed by atoms with Crippen LogP contribution in [0.4, 0.5) is 0 Å². The number of hydrogen-bond donors (Lipinski definition) is 1. The average molecular weight is 278 g/mol. The molecule has 0 saturated heterocycles. The summed E-state index contributed by atoms with van der Waals surface area (Å²) in [5.74, 6) is 0. The smallest absolute Gasteiger partial charge is 0.0596 e. The van der Waals surface area contributed by atoms with E-state index in [9.17, 15) is 0 Å². The standard InChI is InChI=1S/C15H20ClN3/c1-4-19-14(8-11(2)18-19)10-15(17-3)12-6-5-7-13(16)9-12/h5-9,15,17H,4,10H2,1-3H3. The van der Waals surface area contributed by atoms with Crippen molar-refractivity contribution >= 4 is 11.6 Å². The largest absolute Gasteiger partial charge is 0.313 e. The van der Waals surface area contributed by atoms with Crippen LogP contribution < -0.4 is 5.32 Å². The maximum absolute atomic E-state index is 6.07. The second-order valence-corrected chi connectivity index (χ2v) is 5.13. The third-order valence-corrected chi connectivity index (χ3v) is 3.53. The zero-order chi connectivity index (χ0) is 13.8. The van der Waals surface area contributed by atoms with Crippen molar-refractivity contribution < 1.29 is 0 Å². The zero-order valence-corrected chi connectivity index (χ0v) is 12.4. The summed E-state index contributed by atoms with van der Waals surface area (Å²) in [6.45, 7) is 5.04. The molecule has 0 aliphatic carbocycles. The number of nitrogens with one attached hydrogen (secondary N) is 1. The van der Waals surface area contributed by atoms with E-state index in [4.69, 9.17) is 11.6 Å². The molecule has 102 valence electrons. The first kappa shape index (κ1) is 14.1. The molecular formula is C15H20ClN3. The van der Waals surface area contributed by atoms with E-state index in [2.05, 4.69) is 34.2 Å². The first-order valence-electron chi connectivity index (χ1n) is 6.60. The van der Waals surface area contributed by atoms with Crippen molar-refractivity contribution in [2.45, 2.75) is 32.9 Å². The Bertz CT molecular complexity index is 548. The van der Waals surface area contributed by atoms with Gasteiger partial charge in [-0.3, -0.25) is 4.68 Å². The van der Waals surface area contributed by atoms with Gasteiger partial charge in [-0.15, -0.1) is 0 Å². The quantitative estimate of drug-likeness (QED) is 0.908. The summed E-state index contributed by atoms with van der Waals surface area (Å²) in [4.78, 5) is 0. The van der Waals surface area contributed by atoms with Crippen LogP contribution in [-0.2, 0) is 13.0 Å². The second kappa shape index (κ2) is 6.22. The molecule has 0 saturated carbocycles. The third-order valence-electron chi connectivity index (χ3n) is 3.30. The van der Waals surface area contributed by atoms with E-state index in [1.165, 1.54) is 11.3 Å². The molecule has 2 aromatic rings. The van der Waals surface area contributed by atoms with Gasteiger partial charge in [0.1, 0.15) is 0 Å². The van der Waals surface area contributed by atoms with Crippen LogP contribution in [0.5, 0.6) is 0 Å². The van der Waals surface area contributed by atoms with Gasteiger partial charge in [0, 0.05) is 29.7 Å². The molecule has 0 amide bonds. The van der Waals surface area contributed by atoms with Crippen molar-refractivity contribution in [1.29, 1.82) is 0 Å². The fourth-order valence-corrected chi connectivity index (χ4v) is 2.56. The lowest BCUT2D eigenvalue weighted by Crippen LogP contribution is -2.20. The number of nitrogens with zero attached hydrogens (tertiary/aromatic N) is 2. The molecule has 0 radical (unpaired) electrons. The molecule has 1 heterocycles. The van der Waals surface area contributed by atoms with E-state index in [1.807, 2.05) is 32.2 Å². The molecule has 0 fully saturated rings. The molecular weight excluding hydrogens is 258 g/mol. The summed E-state index contributed by atoms with van der Waals surface area (Å²) < 4.78 is 2.06. The van der Waals surface area contributed by atoms with Gasteiger partial charge in [0.05, 0.1) is 5.69 Å². The Labute approximate surface area is 119 Å². The zero-order valence-electron chi connectivity index (χ0n) is 11.7. The average Bonchev–Trinajstić information content (AvgIpc) is 2.76. The number of rotatable bonds is 5. The van der Waals surface area contributed by atoms with Gasteiger partial charge in [0.15, 0.2) is 0 Å². The molecule has 2 rings (SSSR count). The van der Waals surface area contributed by atoms with E-state index < -0.39 is 0 Å². The Balaban J connectivity index is 2.23. The summed E-state index contributed by atoms with van der Waals surface area (Å²) in [6.07, 6.45) is 0.908. The van der Waals surface area contributed by atoms with Crippen molar-refractivity contribution in [1.82, 2.24) is 15.1 Å². The highest BCUT2D eigenvalue weighted by Gasteiger charge is 2.14. The molecule has 1 aromatic heterocycles. The molecule has 1 unspecified atom stereocenters. The van der Waals surface area contributed by atoms with E-state index in [1.54, 1.807) is 0 Å². The maximum atomic E-state index is 6.07. The number of halogens is 1. The minimum Gasteiger partial charge on any atom is -0.313 e. The Hall–Kier alpha value is -1.32. The molecule has 4 heteroatoms. The van der Waals surface area contributed by atoms with Crippen LogP contribution in [0, 0.1) is 6.92 Å². The molecule has 1 atom stereocenters. The van der Waals surface area contributed by atoms with Crippen molar-refractivity contribution in [3.63, 3.8) is 0 Å². The molecule has 0 bridgehead atoms. The van der Waals surface area contributed by atoms with Crippen LogP contribution in [0.15, 0.2) is 30.3 Å². The van der Waals surface area contributed by atoms with Gasteiger partial charge in [-0.05, 0) is 44.7 Å². The minimum atomic E-state index is 0.250. The SMILES string of the molecule is CCn1nc(C)cc1CC(NC)c1cccc(Cl)c1. The number of aryl methyl sites for hydroxylation is 2. The molecule has 0 aliphatic rings. The van der Waals surface area contributed by atoms with Crippen molar-refractivity contribution in [3.8, 4) is 0 Å². The second-order valence-electron chi connectivity index (χ2n) is 4.69. The molecule has 1 N–H and O–H groups in total. The summed E-state index contributed by atoms with van der Waals surface area (Å²) in [5, 5.41) is 8.62. The van der Waals surface area contributed by atoms with Crippen LogP contribution in [0.25, 0.3) is 0 Å². The maximum Gasteiger partial charge on any atom is 0.0596 e. The fourth-order valence-electron chi connectivity index (χ4n) is 2.36. The topological polar surface area (TPSA) is 29.9 Å². The van der Waals surface area contributed by atoms with Crippen LogP contribution >= 0.6 is 11.6 Å². The molecule has 0 spiro atoms. The Morgan fingerprint density at radius 2 is 2.16 bits per heavy atom. The van der Waals surface area contributed by atoms with Crippen molar-refractivity contribution in [3.05, 3.63) is 52.3 Å². The van der Waals surface area contributed by atoms with Gasteiger partial charge in [-0.2, -0.15) is 5.10 Å².